The standard InChI is InChI=1S/C20H30N2O2.ClH/c21-14-17-10-11-18(24-17)19(23)22-15-20(12-6-1-2-7-13-20)16-8-4-3-5-9-16;/h3-5,8-9,17-18H,1-2,6-7,10-15,21H2,(H,22,23);1H/t17-,18+;/m1./s1. The number of ether oxygens (including phenoxy) is 1. The van der Waals surface area contributed by atoms with E-state index in [4.69, 9.17) is 10.5 Å². The molecule has 3 N–H and O–H groups in total. The lowest BCUT2D eigenvalue weighted by atomic mass is 9.74. The second-order valence-electron chi connectivity index (χ2n) is 7.34. The van der Waals surface area contributed by atoms with Crippen LogP contribution in [0.4, 0.5) is 0 Å². The molecule has 2 fully saturated rings. The molecule has 5 heteroatoms. The van der Waals surface area contributed by atoms with Crippen LogP contribution in [0.3, 0.4) is 0 Å². The van der Waals surface area contributed by atoms with Gasteiger partial charge in [0.15, 0.2) is 0 Å². The summed E-state index contributed by atoms with van der Waals surface area (Å²) in [5.41, 5.74) is 7.07. The Hall–Kier alpha value is -1.10. The van der Waals surface area contributed by atoms with Crippen molar-refractivity contribution >= 4 is 18.3 Å². The van der Waals surface area contributed by atoms with E-state index < -0.39 is 0 Å². The maximum absolute atomic E-state index is 12.5. The minimum atomic E-state index is -0.322. The van der Waals surface area contributed by atoms with Crippen LogP contribution >= 0.6 is 12.4 Å². The smallest absolute Gasteiger partial charge is 0.249 e. The molecule has 1 aromatic carbocycles. The summed E-state index contributed by atoms with van der Waals surface area (Å²) in [6.07, 6.45) is 8.75. The normalized spacial score (nSPS) is 25.6. The van der Waals surface area contributed by atoms with Crippen molar-refractivity contribution in [2.75, 3.05) is 13.1 Å². The van der Waals surface area contributed by atoms with Gasteiger partial charge in [0.05, 0.1) is 6.10 Å². The Kier molecular flexibility index (Phi) is 7.73. The maximum atomic E-state index is 12.5. The van der Waals surface area contributed by atoms with Gasteiger partial charge < -0.3 is 15.8 Å². The van der Waals surface area contributed by atoms with E-state index in [2.05, 4.69) is 35.6 Å². The molecule has 0 spiro atoms. The molecule has 1 amide bonds. The Labute approximate surface area is 157 Å². The molecule has 2 aliphatic rings. The van der Waals surface area contributed by atoms with Crippen LogP contribution in [-0.2, 0) is 14.9 Å². The van der Waals surface area contributed by atoms with E-state index in [1.807, 2.05) is 0 Å². The number of nitrogens with two attached hydrogens (primary N) is 1. The van der Waals surface area contributed by atoms with Gasteiger partial charge in [-0.1, -0.05) is 56.0 Å². The first-order valence-electron chi connectivity index (χ1n) is 9.42. The first-order chi connectivity index (χ1) is 11.7. The molecule has 1 aromatic rings. The van der Waals surface area contributed by atoms with E-state index in [1.165, 1.54) is 31.2 Å². The fourth-order valence-corrected chi connectivity index (χ4v) is 4.21. The third-order valence-electron chi connectivity index (χ3n) is 5.71. The minimum absolute atomic E-state index is 0. The largest absolute Gasteiger partial charge is 0.364 e. The van der Waals surface area contributed by atoms with Crippen molar-refractivity contribution in [3.8, 4) is 0 Å². The van der Waals surface area contributed by atoms with Gasteiger partial charge in [0.1, 0.15) is 6.10 Å². The predicted octanol–water partition coefficient (Wildman–Crippen LogP) is 3.32. The van der Waals surface area contributed by atoms with Crippen molar-refractivity contribution < 1.29 is 9.53 Å². The van der Waals surface area contributed by atoms with E-state index in [-0.39, 0.29) is 35.9 Å². The van der Waals surface area contributed by atoms with Gasteiger partial charge >= 0.3 is 0 Å². The fourth-order valence-electron chi connectivity index (χ4n) is 4.21. The van der Waals surface area contributed by atoms with Gasteiger partial charge in [0, 0.05) is 18.5 Å². The highest BCUT2D eigenvalue weighted by atomic mass is 35.5. The predicted molar refractivity (Wildman–Crippen MR) is 103 cm³/mol. The quantitative estimate of drug-likeness (QED) is 0.785. The maximum Gasteiger partial charge on any atom is 0.249 e. The Balaban J connectivity index is 0.00000225. The molecule has 2 atom stereocenters. The number of nitrogens with one attached hydrogen (secondary N) is 1. The van der Waals surface area contributed by atoms with E-state index in [0.717, 1.165) is 25.7 Å². The summed E-state index contributed by atoms with van der Waals surface area (Å²) in [7, 11) is 0. The second kappa shape index (κ2) is 9.56. The van der Waals surface area contributed by atoms with Gasteiger partial charge in [0.25, 0.3) is 0 Å². The number of benzene rings is 1. The van der Waals surface area contributed by atoms with E-state index in [1.54, 1.807) is 0 Å². The van der Waals surface area contributed by atoms with Crippen molar-refractivity contribution in [2.24, 2.45) is 5.73 Å². The zero-order chi connectivity index (χ0) is 16.8. The number of hydrogen-bond acceptors (Lipinski definition) is 3. The van der Waals surface area contributed by atoms with Crippen LogP contribution in [0.2, 0.25) is 0 Å². The SMILES string of the molecule is Cl.NC[C@H]1CC[C@@H](C(=O)NCC2(c3ccccc3)CCCCCC2)O1. The van der Waals surface area contributed by atoms with Crippen LogP contribution in [0.25, 0.3) is 0 Å². The number of amides is 1. The van der Waals surface area contributed by atoms with Crippen LogP contribution in [0.5, 0.6) is 0 Å². The highest BCUT2D eigenvalue weighted by Crippen LogP contribution is 2.38. The Bertz CT molecular complexity index is 530. The van der Waals surface area contributed by atoms with Gasteiger partial charge in [-0.2, -0.15) is 0 Å². The Morgan fingerprint density at radius 2 is 1.80 bits per heavy atom. The van der Waals surface area contributed by atoms with Crippen LogP contribution < -0.4 is 11.1 Å². The van der Waals surface area contributed by atoms with Gasteiger partial charge in [-0.05, 0) is 31.2 Å². The topological polar surface area (TPSA) is 64.4 Å². The molecule has 0 bridgehead atoms. The molecule has 3 rings (SSSR count). The van der Waals surface area contributed by atoms with Gasteiger partial charge in [0.2, 0.25) is 5.91 Å². The number of carbonyl (C=O) groups excluding carboxylic acids is 1. The molecule has 1 heterocycles. The lowest BCUT2D eigenvalue weighted by molar-refractivity contribution is -0.132. The molecule has 140 valence electrons. The van der Waals surface area contributed by atoms with Gasteiger partial charge in [-0.25, -0.2) is 0 Å². The minimum Gasteiger partial charge on any atom is -0.364 e. The third kappa shape index (κ3) is 4.96. The fraction of sp³-hybridized carbons (Fsp3) is 0.650. The van der Waals surface area contributed by atoms with Crippen molar-refractivity contribution in [2.45, 2.75) is 69.0 Å². The highest BCUT2D eigenvalue weighted by Gasteiger charge is 2.35. The zero-order valence-electron chi connectivity index (χ0n) is 14.9. The summed E-state index contributed by atoms with van der Waals surface area (Å²) in [4.78, 5) is 12.5. The summed E-state index contributed by atoms with van der Waals surface area (Å²) >= 11 is 0. The monoisotopic (exact) mass is 366 g/mol. The average Bonchev–Trinajstić information content (AvgIpc) is 2.99. The van der Waals surface area contributed by atoms with Crippen molar-refractivity contribution in [3.63, 3.8) is 0 Å². The van der Waals surface area contributed by atoms with Crippen LogP contribution in [-0.4, -0.2) is 31.2 Å². The highest BCUT2D eigenvalue weighted by molar-refractivity contribution is 5.85. The molecule has 25 heavy (non-hydrogen) atoms. The molecular weight excluding hydrogens is 336 g/mol. The molecule has 1 saturated carbocycles. The van der Waals surface area contributed by atoms with Crippen molar-refractivity contribution in [1.82, 2.24) is 5.32 Å². The zero-order valence-corrected chi connectivity index (χ0v) is 15.7. The van der Waals surface area contributed by atoms with Gasteiger partial charge in [-0.3, -0.25) is 4.79 Å². The number of rotatable bonds is 5. The molecule has 4 nitrogen and oxygen atoms in total. The molecule has 0 aromatic heterocycles. The van der Waals surface area contributed by atoms with Crippen molar-refractivity contribution in [1.29, 1.82) is 0 Å². The molecule has 1 aliphatic heterocycles. The average molecular weight is 367 g/mol. The van der Waals surface area contributed by atoms with Crippen molar-refractivity contribution in [3.05, 3.63) is 35.9 Å². The lowest BCUT2D eigenvalue weighted by Crippen LogP contribution is -2.44. The molecule has 1 aliphatic carbocycles. The first kappa shape index (κ1) is 20.2. The lowest BCUT2D eigenvalue weighted by Gasteiger charge is -2.34. The summed E-state index contributed by atoms with van der Waals surface area (Å²) in [5, 5.41) is 3.20. The first-order valence-corrected chi connectivity index (χ1v) is 9.42. The second-order valence-corrected chi connectivity index (χ2v) is 7.34. The van der Waals surface area contributed by atoms with E-state index in [9.17, 15) is 4.79 Å². The van der Waals surface area contributed by atoms with Crippen LogP contribution in [0.15, 0.2) is 30.3 Å². The Morgan fingerprint density at radius 3 is 2.40 bits per heavy atom. The number of hydrogen-bond donors (Lipinski definition) is 2. The molecule has 0 radical (unpaired) electrons. The Morgan fingerprint density at radius 1 is 1.12 bits per heavy atom. The van der Waals surface area contributed by atoms with Crippen LogP contribution in [0, 0.1) is 0 Å². The third-order valence-corrected chi connectivity index (χ3v) is 5.71. The molecular formula is C20H31ClN2O2. The van der Waals surface area contributed by atoms with Gasteiger partial charge in [-0.15, -0.1) is 12.4 Å². The summed E-state index contributed by atoms with van der Waals surface area (Å²) < 4.78 is 5.74. The summed E-state index contributed by atoms with van der Waals surface area (Å²) in [5.74, 6) is 0.0329. The molecule has 1 saturated heterocycles. The molecule has 0 unspecified atom stereocenters. The van der Waals surface area contributed by atoms with E-state index in [0.29, 0.717) is 13.1 Å². The number of halogens is 1. The van der Waals surface area contributed by atoms with E-state index >= 15 is 0 Å². The van der Waals surface area contributed by atoms with Crippen LogP contribution in [0.1, 0.15) is 56.9 Å². The summed E-state index contributed by atoms with van der Waals surface area (Å²) in [6, 6.07) is 10.7. The number of carbonyl (C=O) groups is 1. The summed E-state index contributed by atoms with van der Waals surface area (Å²) in [6.45, 7) is 1.21.